The van der Waals surface area contributed by atoms with E-state index in [9.17, 15) is 4.79 Å². The van der Waals surface area contributed by atoms with Crippen molar-refractivity contribution in [2.75, 3.05) is 0 Å². The summed E-state index contributed by atoms with van der Waals surface area (Å²) in [7, 11) is 0. The molecule has 0 N–H and O–H groups in total. The molecule has 0 amide bonds. The van der Waals surface area contributed by atoms with Gasteiger partial charge in [0.1, 0.15) is 11.2 Å². The van der Waals surface area contributed by atoms with Crippen LogP contribution in [0.3, 0.4) is 0 Å². The van der Waals surface area contributed by atoms with Gasteiger partial charge in [-0.15, -0.1) is 11.6 Å². The monoisotopic (exact) mass is 156 g/mol. The zero-order chi connectivity index (χ0) is 7.19. The molecular weight excluding hydrogens is 148 g/mol. The molecule has 54 valence electrons. The molecule has 0 aliphatic heterocycles. The summed E-state index contributed by atoms with van der Waals surface area (Å²) >= 11 is 6.03. The summed E-state index contributed by atoms with van der Waals surface area (Å²) in [4.78, 5) is 10.0. The van der Waals surface area contributed by atoms with Crippen LogP contribution in [-0.2, 0) is 4.79 Å². The average Bonchev–Trinajstić information content (AvgIpc) is 2.46. The third-order valence-electron chi connectivity index (χ3n) is 2.56. The molecule has 2 aliphatic carbocycles. The van der Waals surface area contributed by atoms with E-state index in [1.807, 2.05) is 0 Å². The molecule has 2 aliphatic rings. The van der Waals surface area contributed by atoms with Crippen molar-refractivity contribution in [3.05, 3.63) is 12.2 Å². The van der Waals surface area contributed by atoms with E-state index in [4.69, 9.17) is 11.6 Å². The van der Waals surface area contributed by atoms with Crippen LogP contribution < -0.4 is 0 Å². The minimum Gasteiger partial charge on any atom is -0.301 e. The Bertz CT molecular complexity index is 199. The number of aldehydes is 1. The van der Waals surface area contributed by atoms with E-state index in [0.29, 0.717) is 11.8 Å². The highest BCUT2D eigenvalue weighted by molar-refractivity contribution is 6.32. The van der Waals surface area contributed by atoms with Gasteiger partial charge >= 0.3 is 0 Å². The quantitative estimate of drug-likeness (QED) is 0.321. The summed E-state index contributed by atoms with van der Waals surface area (Å²) in [5, 5.41) is 0. The smallest absolute Gasteiger partial charge is 0.141 e. The molecule has 0 aromatic rings. The van der Waals surface area contributed by atoms with Gasteiger partial charge < -0.3 is 4.79 Å². The second-order valence-electron chi connectivity index (χ2n) is 3.24. The Morgan fingerprint density at radius 3 is 2.70 bits per heavy atom. The molecule has 2 bridgehead atoms. The summed E-state index contributed by atoms with van der Waals surface area (Å²) in [6, 6.07) is 0. The number of carbonyl (C=O) groups excluding carboxylic acids is 1. The van der Waals surface area contributed by atoms with Crippen molar-refractivity contribution in [3.8, 4) is 0 Å². The molecule has 0 aromatic heterocycles. The first-order chi connectivity index (χ1) is 4.74. The van der Waals surface area contributed by atoms with Gasteiger partial charge in [0.05, 0.1) is 0 Å². The van der Waals surface area contributed by atoms with Gasteiger partial charge in [0, 0.05) is 5.92 Å². The molecule has 1 fully saturated rings. The van der Waals surface area contributed by atoms with Crippen molar-refractivity contribution in [1.29, 1.82) is 0 Å². The number of allylic oxidation sites excluding steroid dienone is 2. The van der Waals surface area contributed by atoms with E-state index >= 15 is 0 Å². The van der Waals surface area contributed by atoms with Crippen molar-refractivity contribution < 1.29 is 4.79 Å². The number of alkyl halides is 1. The summed E-state index contributed by atoms with van der Waals surface area (Å²) in [6.45, 7) is 0. The van der Waals surface area contributed by atoms with Gasteiger partial charge in [0.15, 0.2) is 0 Å². The molecular formula is C8H9ClO. The Kier molecular flexibility index (Phi) is 1.19. The molecule has 0 radical (unpaired) electrons. The first-order valence-corrected chi connectivity index (χ1v) is 3.96. The standard InChI is InChI=1S/C8H9ClO/c9-8(5-10)4-6-1-2-7(8)3-6/h1-2,5-7H,3-4H2/t6-,7+,8+/m1/s1. The van der Waals surface area contributed by atoms with Crippen LogP contribution in [0.15, 0.2) is 12.2 Å². The minimum atomic E-state index is -0.542. The van der Waals surface area contributed by atoms with Crippen LogP contribution in [0.5, 0.6) is 0 Å². The predicted octanol–water partition coefficient (Wildman–Crippen LogP) is 1.76. The van der Waals surface area contributed by atoms with Gasteiger partial charge in [-0.1, -0.05) is 12.2 Å². The van der Waals surface area contributed by atoms with Crippen molar-refractivity contribution in [3.63, 3.8) is 0 Å². The Hall–Kier alpha value is -0.300. The van der Waals surface area contributed by atoms with Gasteiger partial charge in [0.25, 0.3) is 0 Å². The van der Waals surface area contributed by atoms with Gasteiger partial charge in [-0.25, -0.2) is 0 Å². The van der Waals surface area contributed by atoms with Crippen LogP contribution in [0.4, 0.5) is 0 Å². The van der Waals surface area contributed by atoms with Crippen LogP contribution in [0.2, 0.25) is 0 Å². The first-order valence-electron chi connectivity index (χ1n) is 3.58. The largest absolute Gasteiger partial charge is 0.301 e. The lowest BCUT2D eigenvalue weighted by atomic mass is 9.94. The van der Waals surface area contributed by atoms with Crippen LogP contribution >= 0.6 is 11.6 Å². The van der Waals surface area contributed by atoms with Gasteiger partial charge in [-0.05, 0) is 18.8 Å². The summed E-state index contributed by atoms with van der Waals surface area (Å²) in [5.41, 5.74) is 0. The maximum atomic E-state index is 10.6. The Labute approximate surface area is 65.1 Å². The molecule has 0 spiro atoms. The number of rotatable bonds is 1. The molecule has 10 heavy (non-hydrogen) atoms. The minimum absolute atomic E-state index is 0.316. The summed E-state index contributed by atoms with van der Waals surface area (Å²) in [5.74, 6) is 0.893. The predicted molar refractivity (Wildman–Crippen MR) is 40.0 cm³/mol. The third-order valence-corrected chi connectivity index (χ3v) is 3.08. The molecule has 0 unspecified atom stereocenters. The van der Waals surface area contributed by atoms with E-state index in [1.165, 1.54) is 0 Å². The molecule has 1 nitrogen and oxygen atoms in total. The summed E-state index contributed by atoms with van der Waals surface area (Å²) in [6.07, 6.45) is 7.09. The Morgan fingerprint density at radius 1 is 1.60 bits per heavy atom. The van der Waals surface area contributed by atoms with E-state index in [0.717, 1.165) is 19.1 Å². The van der Waals surface area contributed by atoms with E-state index in [-0.39, 0.29) is 0 Å². The Morgan fingerprint density at radius 2 is 2.40 bits per heavy atom. The number of halogens is 1. The topological polar surface area (TPSA) is 17.1 Å². The van der Waals surface area contributed by atoms with Crippen LogP contribution in [0, 0.1) is 11.8 Å². The van der Waals surface area contributed by atoms with Crippen LogP contribution in [-0.4, -0.2) is 11.2 Å². The van der Waals surface area contributed by atoms with Gasteiger partial charge in [-0.3, -0.25) is 0 Å². The van der Waals surface area contributed by atoms with Gasteiger partial charge in [0.2, 0.25) is 0 Å². The van der Waals surface area contributed by atoms with E-state index in [2.05, 4.69) is 12.2 Å². The highest BCUT2D eigenvalue weighted by atomic mass is 35.5. The van der Waals surface area contributed by atoms with Crippen molar-refractivity contribution in [1.82, 2.24) is 0 Å². The van der Waals surface area contributed by atoms with Crippen LogP contribution in [0.1, 0.15) is 12.8 Å². The number of fused-ring (bicyclic) bond motifs is 2. The third kappa shape index (κ3) is 0.671. The normalized spacial score (nSPS) is 50.1. The Balaban J connectivity index is 2.30. The zero-order valence-electron chi connectivity index (χ0n) is 5.59. The van der Waals surface area contributed by atoms with Crippen molar-refractivity contribution in [2.24, 2.45) is 11.8 Å². The average molecular weight is 157 g/mol. The van der Waals surface area contributed by atoms with Gasteiger partial charge in [-0.2, -0.15) is 0 Å². The van der Waals surface area contributed by atoms with E-state index < -0.39 is 4.87 Å². The van der Waals surface area contributed by atoms with E-state index in [1.54, 1.807) is 0 Å². The fraction of sp³-hybridized carbons (Fsp3) is 0.625. The lowest BCUT2D eigenvalue weighted by Gasteiger charge is -2.20. The fourth-order valence-corrected chi connectivity index (χ4v) is 2.33. The molecule has 3 atom stereocenters. The highest BCUT2D eigenvalue weighted by Gasteiger charge is 2.46. The molecule has 2 rings (SSSR count). The molecule has 0 aromatic carbocycles. The number of carbonyl (C=O) groups is 1. The molecule has 2 heteroatoms. The van der Waals surface area contributed by atoms with Crippen LogP contribution in [0.25, 0.3) is 0 Å². The van der Waals surface area contributed by atoms with Crippen molar-refractivity contribution >= 4 is 17.9 Å². The lowest BCUT2D eigenvalue weighted by molar-refractivity contribution is -0.110. The number of hydrogen-bond acceptors (Lipinski definition) is 1. The van der Waals surface area contributed by atoms with Crippen molar-refractivity contribution in [2.45, 2.75) is 17.7 Å². The SMILES string of the molecule is O=C[C@@]1(Cl)C[C@@H]2C=C[C@H]1C2. The molecule has 1 saturated carbocycles. The lowest BCUT2D eigenvalue weighted by Crippen LogP contribution is -2.28. The maximum absolute atomic E-state index is 10.6. The first kappa shape index (κ1) is 6.41. The highest BCUT2D eigenvalue weighted by Crippen LogP contribution is 2.48. The summed E-state index contributed by atoms with van der Waals surface area (Å²) < 4.78 is 0. The second kappa shape index (κ2) is 1.85. The molecule has 0 heterocycles. The zero-order valence-corrected chi connectivity index (χ0v) is 6.34. The fourth-order valence-electron chi connectivity index (χ4n) is 1.97. The number of hydrogen-bond donors (Lipinski definition) is 0. The second-order valence-corrected chi connectivity index (χ2v) is 3.94. The molecule has 0 saturated heterocycles. The maximum Gasteiger partial charge on any atom is 0.141 e.